The zero-order chi connectivity index (χ0) is 22.0. The summed E-state index contributed by atoms with van der Waals surface area (Å²) >= 11 is 0. The van der Waals surface area contributed by atoms with Gasteiger partial charge in [0.15, 0.2) is 5.82 Å². The van der Waals surface area contributed by atoms with Gasteiger partial charge in [-0.15, -0.1) is 0 Å². The summed E-state index contributed by atoms with van der Waals surface area (Å²) in [5.41, 5.74) is 1.05. The predicted molar refractivity (Wildman–Crippen MR) is 115 cm³/mol. The van der Waals surface area contributed by atoms with Crippen molar-refractivity contribution in [2.75, 3.05) is 11.5 Å². The number of benzene rings is 2. The summed E-state index contributed by atoms with van der Waals surface area (Å²) in [4.78, 5) is 27.3. The minimum atomic E-state index is -0.880. The molecule has 1 aliphatic heterocycles. The van der Waals surface area contributed by atoms with E-state index in [0.29, 0.717) is 29.2 Å². The lowest BCUT2D eigenvalue weighted by Crippen LogP contribution is -2.29. The van der Waals surface area contributed by atoms with Crippen LogP contribution in [0.15, 0.2) is 70.8 Å². The van der Waals surface area contributed by atoms with Crippen molar-refractivity contribution >= 4 is 23.3 Å². The molecule has 2 aromatic carbocycles. The SMILES string of the molecule is CCCOc1cccc([C@H]2C(=C(O)c3ccccc3)C(=O)C(=O)N2c2cc(C)on2)c1. The Morgan fingerprint density at radius 1 is 1.13 bits per heavy atom. The van der Waals surface area contributed by atoms with E-state index in [4.69, 9.17) is 9.26 Å². The molecule has 1 aromatic heterocycles. The second kappa shape index (κ2) is 8.47. The number of hydrogen-bond acceptors (Lipinski definition) is 6. The molecule has 0 saturated carbocycles. The zero-order valence-corrected chi connectivity index (χ0v) is 17.2. The fourth-order valence-corrected chi connectivity index (χ4v) is 3.60. The molecule has 3 aromatic rings. The Kier molecular flexibility index (Phi) is 5.58. The van der Waals surface area contributed by atoms with Crippen LogP contribution in [0.25, 0.3) is 5.76 Å². The standard InChI is InChI=1S/C24H22N2O5/c1-3-12-30-18-11-7-10-17(14-18)21-20(22(27)16-8-5-4-6-9-16)23(28)24(29)26(21)19-13-15(2)31-25-19/h4-11,13-14,21,27H,3,12H2,1-2H3/t21-/m0/s1. The molecule has 0 spiro atoms. The van der Waals surface area contributed by atoms with E-state index in [2.05, 4.69) is 5.16 Å². The van der Waals surface area contributed by atoms with Gasteiger partial charge in [0.25, 0.3) is 5.78 Å². The molecule has 1 aliphatic rings. The Bertz CT molecular complexity index is 1150. The monoisotopic (exact) mass is 418 g/mol. The molecule has 158 valence electrons. The van der Waals surface area contributed by atoms with Gasteiger partial charge in [0.05, 0.1) is 18.2 Å². The summed E-state index contributed by atoms with van der Waals surface area (Å²) in [5.74, 6) is -0.495. The Labute approximate surface area is 179 Å². The van der Waals surface area contributed by atoms with Gasteiger partial charge < -0.3 is 14.4 Å². The van der Waals surface area contributed by atoms with Crippen LogP contribution in [-0.4, -0.2) is 28.6 Å². The van der Waals surface area contributed by atoms with Crippen LogP contribution in [-0.2, 0) is 9.59 Å². The Hall–Kier alpha value is -3.87. The maximum Gasteiger partial charge on any atom is 0.301 e. The van der Waals surface area contributed by atoms with Gasteiger partial charge >= 0.3 is 5.91 Å². The first kappa shape index (κ1) is 20.4. The van der Waals surface area contributed by atoms with E-state index < -0.39 is 17.7 Å². The van der Waals surface area contributed by atoms with Crippen molar-refractivity contribution in [1.29, 1.82) is 0 Å². The number of Topliss-reactive ketones (excluding diaryl/α,β-unsaturated/α-hetero) is 1. The molecule has 7 heteroatoms. The number of aryl methyl sites for hydroxylation is 1. The number of carbonyl (C=O) groups excluding carboxylic acids is 2. The molecule has 0 radical (unpaired) electrons. The molecule has 0 aliphatic carbocycles. The lowest BCUT2D eigenvalue weighted by atomic mass is 9.95. The molecule has 1 amide bonds. The number of aromatic nitrogens is 1. The number of nitrogens with zero attached hydrogens (tertiary/aromatic N) is 2. The first-order chi connectivity index (χ1) is 15.0. The molecule has 0 bridgehead atoms. The number of aliphatic hydroxyl groups excluding tert-OH is 1. The zero-order valence-electron chi connectivity index (χ0n) is 17.2. The average molecular weight is 418 g/mol. The Morgan fingerprint density at radius 2 is 1.90 bits per heavy atom. The molecule has 1 atom stereocenters. The Balaban J connectivity index is 1.90. The van der Waals surface area contributed by atoms with Crippen LogP contribution < -0.4 is 9.64 Å². The molecule has 1 fully saturated rings. The summed E-state index contributed by atoms with van der Waals surface area (Å²) in [7, 11) is 0. The molecule has 0 unspecified atom stereocenters. The topological polar surface area (TPSA) is 92.9 Å². The normalized spacial score (nSPS) is 17.9. The lowest BCUT2D eigenvalue weighted by Gasteiger charge is -2.23. The van der Waals surface area contributed by atoms with E-state index in [9.17, 15) is 14.7 Å². The quantitative estimate of drug-likeness (QED) is 0.362. The number of rotatable bonds is 6. The minimum absolute atomic E-state index is 0.00973. The third-order valence-electron chi connectivity index (χ3n) is 5.00. The molecule has 1 N–H and O–H groups in total. The van der Waals surface area contributed by atoms with Crippen molar-refractivity contribution in [2.24, 2.45) is 0 Å². The van der Waals surface area contributed by atoms with Crippen molar-refractivity contribution in [2.45, 2.75) is 26.3 Å². The summed E-state index contributed by atoms with van der Waals surface area (Å²) in [6.07, 6.45) is 0.842. The molecule has 7 nitrogen and oxygen atoms in total. The van der Waals surface area contributed by atoms with E-state index >= 15 is 0 Å². The Morgan fingerprint density at radius 3 is 2.58 bits per heavy atom. The number of carbonyl (C=O) groups is 2. The molecule has 31 heavy (non-hydrogen) atoms. The van der Waals surface area contributed by atoms with Crippen LogP contribution in [0.4, 0.5) is 5.82 Å². The highest BCUT2D eigenvalue weighted by Crippen LogP contribution is 2.42. The third-order valence-corrected chi connectivity index (χ3v) is 5.00. The van der Waals surface area contributed by atoms with E-state index in [1.165, 1.54) is 4.90 Å². The maximum atomic E-state index is 13.1. The summed E-state index contributed by atoms with van der Waals surface area (Å²) in [6, 6.07) is 16.5. The summed E-state index contributed by atoms with van der Waals surface area (Å²) in [5, 5.41) is 15.0. The van der Waals surface area contributed by atoms with Crippen molar-refractivity contribution in [3.8, 4) is 5.75 Å². The van der Waals surface area contributed by atoms with Crippen LogP contribution >= 0.6 is 0 Å². The predicted octanol–water partition coefficient (Wildman–Crippen LogP) is 4.40. The molecule has 2 heterocycles. The van der Waals surface area contributed by atoms with Crippen LogP contribution in [0.1, 0.15) is 36.3 Å². The molecule has 4 rings (SSSR count). The second-order valence-electron chi connectivity index (χ2n) is 7.25. The van der Waals surface area contributed by atoms with E-state index in [1.54, 1.807) is 61.5 Å². The van der Waals surface area contributed by atoms with E-state index in [0.717, 1.165) is 6.42 Å². The fraction of sp³-hybridized carbons (Fsp3) is 0.208. The smallest absolute Gasteiger partial charge is 0.301 e. The number of amides is 1. The average Bonchev–Trinajstić information content (AvgIpc) is 3.33. The number of ether oxygens (including phenoxy) is 1. The number of ketones is 1. The fourth-order valence-electron chi connectivity index (χ4n) is 3.60. The van der Waals surface area contributed by atoms with Gasteiger partial charge in [-0.25, -0.2) is 0 Å². The van der Waals surface area contributed by atoms with Gasteiger partial charge in [-0.1, -0.05) is 54.5 Å². The lowest BCUT2D eigenvalue weighted by molar-refractivity contribution is -0.132. The summed E-state index contributed by atoms with van der Waals surface area (Å²) < 4.78 is 10.9. The largest absolute Gasteiger partial charge is 0.507 e. The first-order valence-electron chi connectivity index (χ1n) is 10.0. The van der Waals surface area contributed by atoms with Gasteiger partial charge in [-0.05, 0) is 31.0 Å². The van der Waals surface area contributed by atoms with Gasteiger partial charge in [0.1, 0.15) is 17.3 Å². The number of anilines is 1. The van der Waals surface area contributed by atoms with Gasteiger partial charge in [0, 0.05) is 11.6 Å². The number of hydrogen-bond donors (Lipinski definition) is 1. The summed E-state index contributed by atoms with van der Waals surface area (Å²) in [6.45, 7) is 4.24. The highest BCUT2D eigenvalue weighted by atomic mass is 16.5. The maximum absolute atomic E-state index is 13.1. The van der Waals surface area contributed by atoms with Crippen LogP contribution in [0.2, 0.25) is 0 Å². The van der Waals surface area contributed by atoms with Crippen molar-refractivity contribution < 1.29 is 24.0 Å². The van der Waals surface area contributed by atoms with Crippen molar-refractivity contribution in [3.63, 3.8) is 0 Å². The van der Waals surface area contributed by atoms with Crippen LogP contribution in [0.5, 0.6) is 5.75 Å². The molecular weight excluding hydrogens is 396 g/mol. The van der Waals surface area contributed by atoms with E-state index in [-0.39, 0.29) is 17.2 Å². The van der Waals surface area contributed by atoms with Gasteiger partial charge in [-0.2, -0.15) is 0 Å². The first-order valence-corrected chi connectivity index (χ1v) is 10.0. The highest BCUT2D eigenvalue weighted by molar-refractivity contribution is 6.51. The van der Waals surface area contributed by atoms with Crippen LogP contribution in [0.3, 0.4) is 0 Å². The van der Waals surface area contributed by atoms with Gasteiger partial charge in [0.2, 0.25) is 0 Å². The van der Waals surface area contributed by atoms with Crippen molar-refractivity contribution in [3.05, 3.63) is 83.1 Å². The van der Waals surface area contributed by atoms with E-state index in [1.807, 2.05) is 13.0 Å². The minimum Gasteiger partial charge on any atom is -0.507 e. The third kappa shape index (κ3) is 3.82. The van der Waals surface area contributed by atoms with Crippen LogP contribution in [0, 0.1) is 6.92 Å². The van der Waals surface area contributed by atoms with Gasteiger partial charge in [-0.3, -0.25) is 14.5 Å². The second-order valence-corrected chi connectivity index (χ2v) is 7.25. The highest BCUT2D eigenvalue weighted by Gasteiger charge is 2.48. The molecular formula is C24H22N2O5. The molecule has 1 saturated heterocycles. The van der Waals surface area contributed by atoms with Crippen molar-refractivity contribution in [1.82, 2.24) is 5.16 Å². The number of aliphatic hydroxyl groups is 1.